The fourth-order valence-electron chi connectivity index (χ4n) is 2.62. The van der Waals surface area contributed by atoms with Gasteiger partial charge in [-0.2, -0.15) is 0 Å². The standard InChI is InChI=1S/C23H29N3O5/c1-23(2,3)31-22(29)25-15-21(28)24-14-17-6-5-7-18(12-17)26-20(27)13-16-8-10-19(30-4)11-9-16/h5-12H,13-15H2,1-4H3,(H,24,28)(H,25,29)(H,26,27). The normalized spacial score (nSPS) is 10.7. The number of anilines is 1. The van der Waals surface area contributed by atoms with Crippen LogP contribution < -0.4 is 20.7 Å². The van der Waals surface area contributed by atoms with Crippen LogP contribution in [0.3, 0.4) is 0 Å². The third-order valence-electron chi connectivity index (χ3n) is 4.02. The van der Waals surface area contributed by atoms with Crippen LogP contribution in [0, 0.1) is 0 Å². The van der Waals surface area contributed by atoms with Gasteiger partial charge in [0, 0.05) is 12.2 Å². The molecule has 0 radical (unpaired) electrons. The van der Waals surface area contributed by atoms with Crippen LogP contribution in [-0.4, -0.2) is 37.2 Å². The van der Waals surface area contributed by atoms with E-state index in [1.165, 1.54) is 0 Å². The zero-order valence-corrected chi connectivity index (χ0v) is 18.3. The Bertz CT molecular complexity index is 904. The number of hydrogen-bond donors (Lipinski definition) is 3. The summed E-state index contributed by atoms with van der Waals surface area (Å²) in [6.07, 6.45) is -0.411. The van der Waals surface area contributed by atoms with Crippen molar-refractivity contribution in [1.82, 2.24) is 10.6 Å². The Morgan fingerprint density at radius 3 is 2.26 bits per heavy atom. The first-order valence-corrected chi connectivity index (χ1v) is 9.90. The minimum atomic E-state index is -0.649. The van der Waals surface area contributed by atoms with Crippen molar-refractivity contribution in [3.8, 4) is 5.75 Å². The van der Waals surface area contributed by atoms with Crippen LogP contribution in [0.15, 0.2) is 48.5 Å². The van der Waals surface area contributed by atoms with Gasteiger partial charge in [0.1, 0.15) is 17.9 Å². The highest BCUT2D eigenvalue weighted by atomic mass is 16.6. The number of nitrogens with one attached hydrogen (secondary N) is 3. The molecule has 0 aromatic heterocycles. The summed E-state index contributed by atoms with van der Waals surface area (Å²) in [5.41, 5.74) is 1.70. The van der Waals surface area contributed by atoms with E-state index in [0.717, 1.165) is 16.9 Å². The van der Waals surface area contributed by atoms with Crippen LogP contribution in [-0.2, 0) is 27.3 Å². The number of methoxy groups -OCH3 is 1. The summed E-state index contributed by atoms with van der Waals surface area (Å²) in [4.78, 5) is 35.8. The van der Waals surface area contributed by atoms with E-state index in [1.54, 1.807) is 46.1 Å². The van der Waals surface area contributed by atoms with Crippen molar-refractivity contribution in [3.63, 3.8) is 0 Å². The number of amides is 3. The SMILES string of the molecule is COc1ccc(CC(=O)Nc2cccc(CNC(=O)CNC(=O)OC(C)(C)C)c2)cc1. The van der Waals surface area contributed by atoms with Gasteiger partial charge < -0.3 is 25.4 Å². The molecule has 0 spiro atoms. The Morgan fingerprint density at radius 2 is 1.61 bits per heavy atom. The maximum Gasteiger partial charge on any atom is 0.408 e. The highest BCUT2D eigenvalue weighted by Gasteiger charge is 2.16. The van der Waals surface area contributed by atoms with Crippen LogP contribution in [0.5, 0.6) is 5.75 Å². The monoisotopic (exact) mass is 427 g/mol. The lowest BCUT2D eigenvalue weighted by atomic mass is 10.1. The Morgan fingerprint density at radius 1 is 0.903 bits per heavy atom. The van der Waals surface area contributed by atoms with Gasteiger partial charge in [0.15, 0.2) is 0 Å². The average molecular weight is 428 g/mol. The Kier molecular flexibility index (Phi) is 8.43. The molecular formula is C23H29N3O5. The summed E-state index contributed by atoms with van der Waals surface area (Å²) in [5, 5.41) is 7.97. The molecule has 2 rings (SSSR count). The molecule has 3 N–H and O–H groups in total. The minimum absolute atomic E-state index is 0.145. The number of rotatable bonds is 8. The summed E-state index contributed by atoms with van der Waals surface area (Å²) in [6.45, 7) is 5.31. The Hall–Kier alpha value is -3.55. The van der Waals surface area contributed by atoms with Gasteiger partial charge in [-0.25, -0.2) is 4.79 Å². The quantitative estimate of drug-likeness (QED) is 0.601. The summed E-state index contributed by atoms with van der Waals surface area (Å²) < 4.78 is 10.2. The van der Waals surface area contributed by atoms with E-state index in [9.17, 15) is 14.4 Å². The van der Waals surface area contributed by atoms with Crippen molar-refractivity contribution < 1.29 is 23.9 Å². The van der Waals surface area contributed by atoms with Crippen molar-refractivity contribution in [2.75, 3.05) is 19.0 Å². The van der Waals surface area contributed by atoms with E-state index in [0.29, 0.717) is 5.69 Å². The lowest BCUT2D eigenvalue weighted by Gasteiger charge is -2.19. The third kappa shape index (κ3) is 9.20. The van der Waals surface area contributed by atoms with Gasteiger partial charge in [0.2, 0.25) is 11.8 Å². The van der Waals surface area contributed by atoms with Crippen LogP contribution in [0.4, 0.5) is 10.5 Å². The average Bonchev–Trinajstić information content (AvgIpc) is 2.70. The van der Waals surface area contributed by atoms with Crippen LogP contribution >= 0.6 is 0 Å². The van der Waals surface area contributed by atoms with Crippen molar-refractivity contribution in [1.29, 1.82) is 0 Å². The zero-order chi connectivity index (χ0) is 22.9. The van der Waals surface area contributed by atoms with Gasteiger partial charge in [-0.1, -0.05) is 24.3 Å². The molecule has 8 nitrogen and oxygen atoms in total. The summed E-state index contributed by atoms with van der Waals surface area (Å²) in [5.74, 6) is 0.243. The molecule has 166 valence electrons. The number of alkyl carbamates (subject to hydrolysis) is 1. The van der Waals surface area contributed by atoms with Crippen molar-refractivity contribution in [3.05, 3.63) is 59.7 Å². The maximum atomic E-state index is 12.3. The summed E-state index contributed by atoms with van der Waals surface area (Å²) >= 11 is 0. The Balaban J connectivity index is 1.79. The van der Waals surface area contributed by atoms with Crippen LogP contribution in [0.1, 0.15) is 31.9 Å². The fraction of sp³-hybridized carbons (Fsp3) is 0.348. The van der Waals surface area contributed by atoms with Gasteiger partial charge in [-0.05, 0) is 56.2 Å². The molecule has 0 unspecified atom stereocenters. The third-order valence-corrected chi connectivity index (χ3v) is 4.02. The number of ether oxygens (including phenoxy) is 2. The van der Waals surface area contributed by atoms with Gasteiger partial charge in [-0.15, -0.1) is 0 Å². The first-order valence-electron chi connectivity index (χ1n) is 9.90. The first kappa shape index (κ1) is 23.7. The van der Waals surface area contributed by atoms with E-state index >= 15 is 0 Å². The number of carbonyl (C=O) groups is 3. The molecule has 31 heavy (non-hydrogen) atoms. The van der Waals surface area contributed by atoms with E-state index in [4.69, 9.17) is 9.47 Å². The van der Waals surface area contributed by atoms with Gasteiger partial charge >= 0.3 is 6.09 Å². The van der Waals surface area contributed by atoms with Gasteiger partial charge in [0.25, 0.3) is 0 Å². The largest absolute Gasteiger partial charge is 0.497 e. The molecule has 0 atom stereocenters. The second-order valence-electron chi connectivity index (χ2n) is 7.91. The zero-order valence-electron chi connectivity index (χ0n) is 18.3. The molecule has 0 saturated carbocycles. The predicted molar refractivity (Wildman–Crippen MR) is 118 cm³/mol. The van der Waals surface area contributed by atoms with Gasteiger partial charge in [0.05, 0.1) is 13.5 Å². The van der Waals surface area contributed by atoms with Gasteiger partial charge in [-0.3, -0.25) is 9.59 Å². The number of benzene rings is 2. The van der Waals surface area contributed by atoms with Crippen molar-refractivity contribution >= 4 is 23.6 Å². The predicted octanol–water partition coefficient (Wildman–Crippen LogP) is 3.02. The van der Waals surface area contributed by atoms with Crippen LogP contribution in [0.2, 0.25) is 0 Å². The minimum Gasteiger partial charge on any atom is -0.497 e. The molecule has 8 heteroatoms. The number of carbonyl (C=O) groups excluding carboxylic acids is 3. The molecule has 0 heterocycles. The Labute approximate surface area is 182 Å². The van der Waals surface area contributed by atoms with Crippen molar-refractivity contribution in [2.45, 2.75) is 39.3 Å². The fourth-order valence-corrected chi connectivity index (χ4v) is 2.62. The molecule has 0 aliphatic rings. The molecule has 0 fully saturated rings. The second kappa shape index (κ2) is 11.0. The maximum absolute atomic E-state index is 12.3. The molecule has 0 saturated heterocycles. The van der Waals surface area contributed by atoms with E-state index in [2.05, 4.69) is 16.0 Å². The number of hydrogen-bond acceptors (Lipinski definition) is 5. The summed E-state index contributed by atoms with van der Waals surface area (Å²) in [6, 6.07) is 14.5. The summed E-state index contributed by atoms with van der Waals surface area (Å²) in [7, 11) is 1.59. The molecular weight excluding hydrogens is 398 g/mol. The molecule has 3 amide bonds. The smallest absolute Gasteiger partial charge is 0.408 e. The van der Waals surface area contributed by atoms with E-state index in [1.807, 2.05) is 30.3 Å². The van der Waals surface area contributed by atoms with Crippen molar-refractivity contribution in [2.24, 2.45) is 0 Å². The lowest BCUT2D eigenvalue weighted by molar-refractivity contribution is -0.120. The lowest BCUT2D eigenvalue weighted by Crippen LogP contribution is -2.39. The molecule has 2 aromatic carbocycles. The molecule has 2 aromatic rings. The molecule has 0 bridgehead atoms. The second-order valence-corrected chi connectivity index (χ2v) is 7.91. The topological polar surface area (TPSA) is 106 Å². The first-order chi connectivity index (χ1) is 14.6. The highest BCUT2D eigenvalue weighted by Crippen LogP contribution is 2.14. The highest BCUT2D eigenvalue weighted by molar-refractivity contribution is 5.92. The van der Waals surface area contributed by atoms with E-state index in [-0.39, 0.29) is 31.3 Å². The van der Waals surface area contributed by atoms with E-state index < -0.39 is 11.7 Å². The molecule has 0 aliphatic carbocycles. The molecule has 0 aliphatic heterocycles. The van der Waals surface area contributed by atoms with Crippen LogP contribution in [0.25, 0.3) is 0 Å².